The Morgan fingerprint density at radius 3 is 2.68 bits per heavy atom. The molecule has 3 heterocycles. The molecule has 15 heteroatoms. The fraction of sp³-hybridized carbons (Fsp3) is 0.531. The lowest BCUT2D eigenvalue weighted by Crippen LogP contribution is -2.58. The number of methoxy groups -OCH3 is 1. The Kier molecular flexibility index (Phi) is 9.19. The highest BCUT2D eigenvalue weighted by atomic mass is 32.2. The Balaban J connectivity index is 1.30. The molecule has 2 aliphatic heterocycles. The maximum absolute atomic E-state index is 14.1. The molecule has 1 aromatic carbocycles. The molecule has 5 atom stereocenters. The lowest BCUT2D eigenvalue weighted by molar-refractivity contribution is -0.141. The summed E-state index contributed by atoms with van der Waals surface area (Å²) in [4.78, 5) is 59.3. The number of carbonyl (C=O) groups is 4. The van der Waals surface area contributed by atoms with E-state index in [0.717, 1.165) is 12.8 Å². The third-order valence-corrected chi connectivity index (χ3v) is 11.2. The van der Waals surface area contributed by atoms with E-state index in [0.29, 0.717) is 54.5 Å². The topological polar surface area (TPSA) is 173 Å². The first-order valence-corrected chi connectivity index (χ1v) is 17.6. The molecule has 1 saturated heterocycles. The molecular weight excluding hydrogens is 625 g/mol. The third kappa shape index (κ3) is 7.09. The number of fused-ring (bicyclic) bond motifs is 3. The van der Waals surface area contributed by atoms with Crippen LogP contribution in [0.15, 0.2) is 42.6 Å². The van der Waals surface area contributed by atoms with E-state index < -0.39 is 68.4 Å². The molecule has 3 N–H and O–H groups in total. The van der Waals surface area contributed by atoms with Gasteiger partial charge < -0.3 is 25.0 Å². The fourth-order valence-electron chi connectivity index (χ4n) is 6.53. The van der Waals surface area contributed by atoms with Gasteiger partial charge in [-0.3, -0.25) is 28.9 Å². The summed E-state index contributed by atoms with van der Waals surface area (Å²) in [5.41, 5.74) is -0.842. The molecule has 13 nitrogen and oxygen atoms in total. The number of benzene rings is 1. The number of nitrogens with one attached hydrogen (secondary N) is 3. The second-order valence-electron chi connectivity index (χ2n) is 12.7. The number of allylic oxidation sites excluding steroid dienone is 1. The summed E-state index contributed by atoms with van der Waals surface area (Å²) < 4.78 is 39.3. The largest absolute Gasteiger partial charge is 0.497 e. The lowest BCUT2D eigenvalue weighted by atomic mass is 10.0. The van der Waals surface area contributed by atoms with Gasteiger partial charge in [-0.15, -0.1) is 0 Å². The number of carbonyl (C=O) groups excluding carboxylic acids is 4. The number of rotatable bonds is 7. The molecule has 1 aromatic heterocycles. The zero-order valence-corrected chi connectivity index (χ0v) is 27.0. The average Bonchev–Trinajstić information content (AvgIpc) is 3.96. The Bertz CT molecular complexity index is 1720. The average molecular weight is 664 g/mol. The second kappa shape index (κ2) is 13.2. The van der Waals surface area contributed by atoms with Gasteiger partial charge in [-0.25, -0.2) is 8.42 Å². The van der Waals surface area contributed by atoms with Gasteiger partial charge in [0.2, 0.25) is 29.7 Å². The van der Waals surface area contributed by atoms with E-state index in [9.17, 15) is 27.6 Å². The number of hydrogen-bond acceptors (Lipinski definition) is 9. The van der Waals surface area contributed by atoms with Crippen LogP contribution < -0.4 is 24.8 Å². The maximum Gasteiger partial charge on any atom is 0.259 e. The highest BCUT2D eigenvalue weighted by molar-refractivity contribution is 7.91. The molecule has 3 fully saturated rings. The van der Waals surface area contributed by atoms with E-state index in [1.54, 1.807) is 31.5 Å². The van der Waals surface area contributed by atoms with Gasteiger partial charge in [-0.1, -0.05) is 25.0 Å². The second-order valence-corrected chi connectivity index (χ2v) is 14.7. The molecule has 248 valence electrons. The number of amides is 4. The number of sulfonamides is 1. The summed E-state index contributed by atoms with van der Waals surface area (Å²) in [6, 6.07) is 5.02. The summed E-state index contributed by atoms with van der Waals surface area (Å²) in [7, 11) is 3.14. The van der Waals surface area contributed by atoms with Crippen molar-refractivity contribution in [3.8, 4) is 11.5 Å². The molecule has 0 spiro atoms. The van der Waals surface area contributed by atoms with Gasteiger partial charge in [-0.05, 0) is 56.7 Å². The number of hydrogen-bond donors (Lipinski definition) is 3. The van der Waals surface area contributed by atoms with Gasteiger partial charge in [0.25, 0.3) is 5.91 Å². The lowest BCUT2D eigenvalue weighted by Gasteiger charge is -2.29. The van der Waals surface area contributed by atoms with Gasteiger partial charge in [-0.2, -0.15) is 0 Å². The molecule has 2 radical (unpaired) electrons. The summed E-state index contributed by atoms with van der Waals surface area (Å²) in [5.74, 6) is -2.03. The maximum atomic E-state index is 14.1. The molecule has 4 aliphatic rings. The molecule has 1 unspecified atom stereocenters. The summed E-state index contributed by atoms with van der Waals surface area (Å²) >= 11 is 0. The summed E-state index contributed by atoms with van der Waals surface area (Å²) in [6.07, 6.45) is 9.25. The van der Waals surface area contributed by atoms with Crippen molar-refractivity contribution >= 4 is 52.3 Å². The van der Waals surface area contributed by atoms with E-state index in [2.05, 4.69) is 20.3 Å². The van der Waals surface area contributed by atoms with Crippen molar-refractivity contribution in [3.05, 3.63) is 42.6 Å². The predicted molar refractivity (Wildman–Crippen MR) is 172 cm³/mol. The summed E-state index contributed by atoms with van der Waals surface area (Å²) in [5, 5.41) is 5.48. The van der Waals surface area contributed by atoms with Crippen molar-refractivity contribution in [1.29, 1.82) is 0 Å². The zero-order valence-electron chi connectivity index (χ0n) is 26.1. The zero-order chi connectivity index (χ0) is 33.3. The smallest absolute Gasteiger partial charge is 0.259 e. The standard InChI is InChI=1S/C32H38BN5O8S/c1-45-20-9-12-23-25(15-20)34-14-13-27(23)46-21-16-26-28(39)36-32(30(41)37-47(43,44)22-10-11-22)17-19(32)7-5-3-2-4-6-8-24(35-31(33)42)29(40)38(26)18-21/h5,7,9,12-15,19,21-22,24,26H,2-4,6,8,10-11,16-18H2,1H3,(H,35,42)(H,36,39)(H,37,41)/t19?,21-,24-,26+,32-/m1/s1. The molecular formula is C32H38BN5O8S. The molecule has 2 aliphatic carbocycles. The Morgan fingerprint density at radius 2 is 1.94 bits per heavy atom. The highest BCUT2D eigenvalue weighted by Gasteiger charge is 2.62. The normalized spacial score (nSPS) is 28.2. The van der Waals surface area contributed by atoms with Gasteiger partial charge in [0.05, 0.1) is 24.4 Å². The minimum Gasteiger partial charge on any atom is -0.497 e. The number of pyridine rings is 1. The fourth-order valence-corrected chi connectivity index (χ4v) is 7.89. The quantitative estimate of drug-likeness (QED) is 0.295. The van der Waals surface area contributed by atoms with Crippen molar-refractivity contribution in [2.24, 2.45) is 5.92 Å². The third-order valence-electron chi connectivity index (χ3n) is 9.36. The summed E-state index contributed by atoms with van der Waals surface area (Å²) in [6.45, 7) is 0.0203. The first-order chi connectivity index (χ1) is 22.5. The SMILES string of the molecule is [B]C(=O)N[C@@H]1CCCCCC=CC2C[C@@]2(C(=O)NS(=O)(=O)C2CC2)NC(=O)[C@@H]2C[C@@H](Oc3ccnc4cc(OC)ccc34)CN2C1=O. The molecule has 47 heavy (non-hydrogen) atoms. The van der Waals surface area contributed by atoms with Crippen LogP contribution in [0.3, 0.4) is 0 Å². The number of aromatic nitrogens is 1. The van der Waals surface area contributed by atoms with Crippen LogP contribution in [0.25, 0.3) is 10.9 Å². The first-order valence-electron chi connectivity index (χ1n) is 16.0. The van der Waals surface area contributed by atoms with Crippen LogP contribution >= 0.6 is 0 Å². The van der Waals surface area contributed by atoms with E-state index in [4.69, 9.17) is 17.3 Å². The van der Waals surface area contributed by atoms with Gasteiger partial charge in [0.15, 0.2) is 5.81 Å². The van der Waals surface area contributed by atoms with Crippen LogP contribution in [0.5, 0.6) is 11.5 Å². The van der Waals surface area contributed by atoms with Gasteiger partial charge in [0, 0.05) is 30.0 Å². The Labute approximate surface area is 274 Å². The number of nitrogens with zero attached hydrogens (tertiary/aromatic N) is 2. The van der Waals surface area contributed by atoms with Crippen LogP contribution in [0.4, 0.5) is 4.79 Å². The van der Waals surface area contributed by atoms with Crippen molar-refractivity contribution < 1.29 is 37.1 Å². The van der Waals surface area contributed by atoms with Crippen LogP contribution in [0.2, 0.25) is 0 Å². The van der Waals surface area contributed by atoms with E-state index >= 15 is 0 Å². The molecule has 0 bridgehead atoms. The molecule has 2 aromatic rings. The van der Waals surface area contributed by atoms with Crippen LogP contribution in [-0.4, -0.2) is 92.3 Å². The van der Waals surface area contributed by atoms with Crippen molar-refractivity contribution in [2.45, 2.75) is 86.8 Å². The monoisotopic (exact) mass is 663 g/mol. The highest BCUT2D eigenvalue weighted by Crippen LogP contribution is 2.46. The van der Waals surface area contributed by atoms with E-state index in [1.165, 1.54) is 4.90 Å². The Hall–Kier alpha value is -4.14. The van der Waals surface area contributed by atoms with E-state index in [1.807, 2.05) is 18.2 Å². The van der Waals surface area contributed by atoms with Crippen LogP contribution in [0, 0.1) is 5.92 Å². The van der Waals surface area contributed by atoms with Crippen molar-refractivity contribution in [3.63, 3.8) is 0 Å². The van der Waals surface area contributed by atoms with E-state index in [-0.39, 0.29) is 19.4 Å². The minimum absolute atomic E-state index is 0.0203. The molecule has 6 rings (SSSR count). The van der Waals surface area contributed by atoms with Crippen LogP contribution in [0.1, 0.15) is 57.8 Å². The first kappa shape index (κ1) is 32.8. The number of ether oxygens (including phenoxy) is 2. The molecule has 4 amide bonds. The van der Waals surface area contributed by atoms with Gasteiger partial charge in [0.1, 0.15) is 35.2 Å². The van der Waals surface area contributed by atoms with Crippen molar-refractivity contribution in [2.75, 3.05) is 13.7 Å². The Morgan fingerprint density at radius 1 is 1.13 bits per heavy atom. The minimum atomic E-state index is -3.87. The van der Waals surface area contributed by atoms with Crippen molar-refractivity contribution in [1.82, 2.24) is 25.2 Å². The molecule has 2 saturated carbocycles. The van der Waals surface area contributed by atoms with Gasteiger partial charge >= 0.3 is 0 Å². The van der Waals surface area contributed by atoms with Crippen LogP contribution in [-0.2, 0) is 24.4 Å². The predicted octanol–water partition coefficient (Wildman–Crippen LogP) is 1.84.